The van der Waals surface area contributed by atoms with E-state index in [4.69, 9.17) is 0 Å². The fourth-order valence-corrected chi connectivity index (χ4v) is 14.5. The fourth-order valence-electron chi connectivity index (χ4n) is 8.34. The first-order chi connectivity index (χ1) is 25.7. The van der Waals surface area contributed by atoms with Gasteiger partial charge in [0.2, 0.25) is 0 Å². The molecule has 6 aromatic carbocycles. The Hall–Kier alpha value is -3.96. The number of benzene rings is 6. The SMILES string of the molecule is C[B]c1ccc(I2Cc3ccc(C)cc3B3c4cc(C)ccc4N(c4ccc(C(C)(C)C)cc4-c4cc([B]C)cc(C(C)(C)C)c4)c4cccc2c43)cc1. The summed E-state index contributed by atoms with van der Waals surface area (Å²) in [5, 5.41) is 0. The van der Waals surface area contributed by atoms with Crippen LogP contribution in [0.25, 0.3) is 11.1 Å². The van der Waals surface area contributed by atoms with Crippen molar-refractivity contribution in [3.63, 3.8) is 0 Å². The monoisotopic (exact) mass is 813 g/mol. The molecule has 2 aliphatic heterocycles. The second-order valence-corrected chi connectivity index (χ2v) is 22.6. The van der Waals surface area contributed by atoms with Crippen LogP contribution < -0.4 is 32.2 Å². The quantitative estimate of drug-likeness (QED) is 0.0952. The second kappa shape index (κ2) is 14.0. The number of halogens is 1. The van der Waals surface area contributed by atoms with Gasteiger partial charge in [-0.1, -0.05) is 0 Å². The van der Waals surface area contributed by atoms with Crippen LogP contribution in [0, 0.1) is 21.0 Å². The zero-order chi connectivity index (χ0) is 38.1. The van der Waals surface area contributed by atoms with Crippen LogP contribution in [0.1, 0.15) is 69.4 Å². The molecule has 0 bridgehead atoms. The zero-order valence-electron chi connectivity index (χ0n) is 33.7. The Balaban J connectivity index is 1.46. The predicted molar refractivity (Wildman–Crippen MR) is 249 cm³/mol. The molecule has 0 N–H and O–H groups in total. The van der Waals surface area contributed by atoms with Gasteiger partial charge < -0.3 is 0 Å². The van der Waals surface area contributed by atoms with Gasteiger partial charge in [0.05, 0.1) is 0 Å². The van der Waals surface area contributed by atoms with Gasteiger partial charge in [-0.15, -0.1) is 0 Å². The van der Waals surface area contributed by atoms with Crippen LogP contribution in [0.3, 0.4) is 0 Å². The Labute approximate surface area is 334 Å². The standard InChI is InChI=1S/C49H51B3IN/c1-31-14-16-33-30-53(39-20-18-37(50-9)19-21-39)43-12-11-13-46-47(43)52(41(33)24-31)42-25-32(2)15-22-45(42)54(46)44-23-17-35(48(3,4)5)29-40(44)34-26-36(49(6,7)8)28-38(27-34)51-10/h11-29H,30H2,1-10H3. The van der Waals surface area contributed by atoms with E-state index in [9.17, 15) is 0 Å². The third-order valence-electron chi connectivity index (χ3n) is 11.5. The number of anilines is 3. The van der Waals surface area contributed by atoms with E-state index in [1.807, 2.05) is 0 Å². The van der Waals surface area contributed by atoms with Crippen molar-refractivity contribution < 1.29 is 0 Å². The molecule has 268 valence electrons. The molecule has 0 fully saturated rings. The van der Waals surface area contributed by atoms with Gasteiger partial charge in [0.15, 0.2) is 0 Å². The van der Waals surface area contributed by atoms with E-state index in [-0.39, 0.29) is 17.5 Å². The molecular weight excluding hydrogens is 762 g/mol. The van der Waals surface area contributed by atoms with Crippen LogP contribution in [-0.4, -0.2) is 21.3 Å². The van der Waals surface area contributed by atoms with Crippen molar-refractivity contribution in [1.29, 1.82) is 0 Å². The first-order valence-electron chi connectivity index (χ1n) is 19.5. The summed E-state index contributed by atoms with van der Waals surface area (Å²) in [6.07, 6.45) is 0. The van der Waals surface area contributed by atoms with E-state index in [1.165, 1.54) is 86.9 Å². The molecule has 0 aliphatic carbocycles. The number of aryl methyl sites for hydroxylation is 2. The zero-order valence-corrected chi connectivity index (χ0v) is 35.9. The molecule has 0 unspecified atom stereocenters. The van der Waals surface area contributed by atoms with Crippen LogP contribution in [-0.2, 0) is 15.3 Å². The minimum atomic E-state index is -1.94. The number of hydrogen-bond acceptors (Lipinski definition) is 1. The van der Waals surface area contributed by atoms with E-state index in [0.29, 0.717) is 0 Å². The fraction of sp³-hybridized carbons (Fsp3) is 0.265. The van der Waals surface area contributed by atoms with Gasteiger partial charge in [-0.05, 0) is 0 Å². The van der Waals surface area contributed by atoms with Gasteiger partial charge in [-0.25, -0.2) is 0 Å². The number of nitrogens with zero attached hydrogens (tertiary/aromatic N) is 1. The average molecular weight is 813 g/mol. The Bertz CT molecular complexity index is 2400. The first kappa shape index (κ1) is 37.0. The van der Waals surface area contributed by atoms with Crippen LogP contribution in [0.4, 0.5) is 17.1 Å². The Morgan fingerprint density at radius 3 is 1.94 bits per heavy atom. The molecule has 0 aromatic heterocycles. The molecule has 2 heterocycles. The van der Waals surface area contributed by atoms with Crippen molar-refractivity contribution >= 4 is 85.5 Å². The van der Waals surface area contributed by atoms with Crippen molar-refractivity contribution in [3.8, 4) is 11.1 Å². The summed E-state index contributed by atoms with van der Waals surface area (Å²) in [5.74, 6) is 0. The summed E-state index contributed by atoms with van der Waals surface area (Å²) in [6, 6.07) is 45.8. The average Bonchev–Trinajstić information content (AvgIpc) is 3.29. The van der Waals surface area contributed by atoms with E-state index in [0.717, 1.165) is 4.43 Å². The molecule has 0 saturated carbocycles. The van der Waals surface area contributed by atoms with Gasteiger partial charge in [0.25, 0.3) is 0 Å². The molecule has 1 nitrogen and oxygen atoms in total. The van der Waals surface area contributed by atoms with E-state index < -0.39 is 19.8 Å². The molecule has 0 amide bonds. The predicted octanol–water partition coefficient (Wildman–Crippen LogP) is 9.68. The van der Waals surface area contributed by atoms with E-state index in [1.54, 1.807) is 3.57 Å². The molecule has 5 heteroatoms. The summed E-state index contributed by atoms with van der Waals surface area (Å²) in [6.45, 7) is 23.0. The molecule has 0 spiro atoms. The number of fused-ring (bicyclic) bond motifs is 4. The molecule has 8 rings (SSSR count). The number of hydrogen-bond donors (Lipinski definition) is 0. The number of rotatable bonds is 5. The second-order valence-electron chi connectivity index (χ2n) is 17.4. The van der Waals surface area contributed by atoms with Crippen LogP contribution in [0.15, 0.2) is 115 Å². The molecule has 54 heavy (non-hydrogen) atoms. The van der Waals surface area contributed by atoms with E-state index >= 15 is 0 Å². The number of alkyl halides is 1. The van der Waals surface area contributed by atoms with Crippen LogP contribution >= 0.6 is 19.8 Å². The summed E-state index contributed by atoms with van der Waals surface area (Å²) in [4.78, 5) is 2.63. The van der Waals surface area contributed by atoms with Crippen molar-refractivity contribution in [2.45, 2.75) is 84.3 Å². The third kappa shape index (κ3) is 6.59. The topological polar surface area (TPSA) is 3.24 Å². The Morgan fingerprint density at radius 1 is 0.593 bits per heavy atom. The van der Waals surface area contributed by atoms with Crippen molar-refractivity contribution in [2.75, 3.05) is 4.90 Å². The molecular formula is C49H51B3IN. The molecule has 6 aromatic rings. The molecule has 2 aliphatic rings. The molecule has 0 atom stereocenters. The molecule has 2 radical (unpaired) electrons. The van der Waals surface area contributed by atoms with Crippen molar-refractivity contribution in [2.24, 2.45) is 0 Å². The van der Waals surface area contributed by atoms with Gasteiger partial charge in [0, 0.05) is 0 Å². The van der Waals surface area contributed by atoms with Crippen LogP contribution in [0.5, 0.6) is 0 Å². The maximum absolute atomic E-state index is 2.63. The van der Waals surface area contributed by atoms with Gasteiger partial charge in [-0.3, -0.25) is 0 Å². The molecule has 0 saturated heterocycles. The summed E-state index contributed by atoms with van der Waals surface area (Å²) in [5.41, 5.74) is 20.2. The Kier molecular flexibility index (Phi) is 9.57. The summed E-state index contributed by atoms with van der Waals surface area (Å²) < 4.78 is 4.25. The van der Waals surface area contributed by atoms with Gasteiger partial charge in [0.1, 0.15) is 0 Å². The third-order valence-corrected chi connectivity index (χ3v) is 17.6. The summed E-state index contributed by atoms with van der Waals surface area (Å²) >= 11 is -1.94. The van der Waals surface area contributed by atoms with Crippen LogP contribution in [0.2, 0.25) is 13.6 Å². The first-order valence-corrected chi connectivity index (χ1v) is 23.2. The van der Waals surface area contributed by atoms with Crippen molar-refractivity contribution in [1.82, 2.24) is 0 Å². The Morgan fingerprint density at radius 2 is 1.26 bits per heavy atom. The normalized spacial score (nSPS) is 14.2. The van der Waals surface area contributed by atoms with Crippen molar-refractivity contribution in [3.05, 3.63) is 150 Å². The van der Waals surface area contributed by atoms with E-state index in [2.05, 4.69) is 204 Å². The maximum atomic E-state index is 2.63. The summed E-state index contributed by atoms with van der Waals surface area (Å²) in [7, 11) is 4.46. The van der Waals surface area contributed by atoms with Gasteiger partial charge >= 0.3 is 336 Å². The van der Waals surface area contributed by atoms with Gasteiger partial charge in [-0.2, -0.15) is 0 Å². The minimum absolute atomic E-state index is 0.00661.